The van der Waals surface area contributed by atoms with Gasteiger partial charge in [0.1, 0.15) is 0 Å². The van der Waals surface area contributed by atoms with Gasteiger partial charge in [-0.3, -0.25) is 4.98 Å². The maximum Gasteiger partial charge on any atom is 0.0576 e. The maximum absolute atomic E-state index is 5.89. The van der Waals surface area contributed by atoms with E-state index in [4.69, 9.17) is 5.73 Å². The smallest absolute Gasteiger partial charge is 0.0576 e. The lowest BCUT2D eigenvalue weighted by molar-refractivity contribution is 1.01. The number of anilines is 2. The van der Waals surface area contributed by atoms with E-state index in [0.29, 0.717) is 0 Å². The van der Waals surface area contributed by atoms with Gasteiger partial charge in [0.2, 0.25) is 0 Å². The Labute approximate surface area is 102 Å². The summed E-state index contributed by atoms with van der Waals surface area (Å²) in [5.41, 5.74) is 10.1. The minimum Gasteiger partial charge on any atom is -0.397 e. The first-order valence-electron chi connectivity index (χ1n) is 5.74. The van der Waals surface area contributed by atoms with Crippen LogP contribution < -0.4 is 11.1 Å². The molecule has 0 bridgehead atoms. The highest BCUT2D eigenvalue weighted by molar-refractivity contribution is 5.66. The van der Waals surface area contributed by atoms with Crippen molar-refractivity contribution in [1.82, 2.24) is 4.98 Å². The first kappa shape index (κ1) is 11.5. The van der Waals surface area contributed by atoms with Crippen LogP contribution in [0, 0.1) is 6.92 Å². The molecule has 0 aliphatic rings. The summed E-state index contributed by atoms with van der Waals surface area (Å²) in [4.78, 5) is 4.09. The third kappa shape index (κ3) is 3.21. The van der Waals surface area contributed by atoms with Crippen LogP contribution in [0.4, 0.5) is 11.4 Å². The first-order valence-corrected chi connectivity index (χ1v) is 5.74. The highest BCUT2D eigenvalue weighted by Gasteiger charge is 1.98. The van der Waals surface area contributed by atoms with Crippen molar-refractivity contribution >= 4 is 11.4 Å². The number of nitrogens with two attached hydrogens (primary N) is 1. The number of hydrogen-bond acceptors (Lipinski definition) is 3. The SMILES string of the molecule is Cc1ccc(N)c(NCCc2cccnc2)c1. The molecule has 0 amide bonds. The Kier molecular flexibility index (Phi) is 3.60. The standard InChI is InChI=1S/C14H17N3/c1-11-4-5-13(15)14(9-11)17-8-6-12-3-2-7-16-10-12/h2-5,7,9-10,17H,6,8,15H2,1H3. The van der Waals surface area contributed by atoms with Crippen LogP contribution in [0.5, 0.6) is 0 Å². The van der Waals surface area contributed by atoms with Crippen LogP contribution in [0.15, 0.2) is 42.7 Å². The summed E-state index contributed by atoms with van der Waals surface area (Å²) in [6.45, 7) is 2.92. The van der Waals surface area contributed by atoms with Crippen LogP contribution >= 0.6 is 0 Å². The van der Waals surface area contributed by atoms with Crippen LogP contribution in [0.2, 0.25) is 0 Å². The minimum absolute atomic E-state index is 0.793. The number of aryl methyl sites for hydroxylation is 1. The highest BCUT2D eigenvalue weighted by atomic mass is 14.9. The van der Waals surface area contributed by atoms with Crippen molar-refractivity contribution in [2.45, 2.75) is 13.3 Å². The number of nitrogens with zero attached hydrogens (tertiary/aromatic N) is 1. The summed E-state index contributed by atoms with van der Waals surface area (Å²) >= 11 is 0. The van der Waals surface area contributed by atoms with E-state index in [1.807, 2.05) is 24.4 Å². The Morgan fingerprint density at radius 3 is 2.94 bits per heavy atom. The monoisotopic (exact) mass is 227 g/mol. The van der Waals surface area contributed by atoms with Gasteiger partial charge in [-0.05, 0) is 42.7 Å². The summed E-state index contributed by atoms with van der Waals surface area (Å²) in [5, 5.41) is 3.35. The van der Waals surface area contributed by atoms with Gasteiger partial charge in [0.25, 0.3) is 0 Å². The number of benzene rings is 1. The average molecular weight is 227 g/mol. The van der Waals surface area contributed by atoms with Crippen molar-refractivity contribution < 1.29 is 0 Å². The van der Waals surface area contributed by atoms with Gasteiger partial charge in [-0.25, -0.2) is 0 Å². The van der Waals surface area contributed by atoms with Crippen molar-refractivity contribution in [2.75, 3.05) is 17.6 Å². The van der Waals surface area contributed by atoms with Crippen LogP contribution in [0.25, 0.3) is 0 Å². The van der Waals surface area contributed by atoms with E-state index in [9.17, 15) is 0 Å². The first-order chi connectivity index (χ1) is 8.25. The molecule has 0 spiro atoms. The third-order valence-electron chi connectivity index (χ3n) is 2.66. The van der Waals surface area contributed by atoms with Gasteiger partial charge in [0.05, 0.1) is 11.4 Å². The number of aromatic nitrogens is 1. The quantitative estimate of drug-likeness (QED) is 0.789. The van der Waals surface area contributed by atoms with Crippen molar-refractivity contribution in [3.8, 4) is 0 Å². The molecule has 0 aliphatic carbocycles. The Morgan fingerprint density at radius 1 is 1.29 bits per heavy atom. The molecule has 1 aromatic carbocycles. The number of nitrogen functional groups attached to an aromatic ring is 1. The van der Waals surface area contributed by atoms with Crippen LogP contribution in [0.3, 0.4) is 0 Å². The fourth-order valence-electron chi connectivity index (χ4n) is 1.71. The van der Waals surface area contributed by atoms with Gasteiger partial charge in [0.15, 0.2) is 0 Å². The Hall–Kier alpha value is -2.03. The molecule has 3 nitrogen and oxygen atoms in total. The second kappa shape index (κ2) is 5.34. The molecule has 17 heavy (non-hydrogen) atoms. The van der Waals surface area contributed by atoms with E-state index in [2.05, 4.69) is 29.4 Å². The molecule has 1 heterocycles. The van der Waals surface area contributed by atoms with Crippen molar-refractivity contribution in [2.24, 2.45) is 0 Å². The Bertz CT molecular complexity index is 480. The van der Waals surface area contributed by atoms with E-state index in [0.717, 1.165) is 24.3 Å². The summed E-state index contributed by atoms with van der Waals surface area (Å²) in [6, 6.07) is 10.0. The molecule has 2 aromatic rings. The summed E-state index contributed by atoms with van der Waals surface area (Å²) in [5.74, 6) is 0. The molecule has 0 saturated carbocycles. The van der Waals surface area contributed by atoms with Crippen molar-refractivity contribution in [3.63, 3.8) is 0 Å². The molecule has 0 saturated heterocycles. The predicted molar refractivity (Wildman–Crippen MR) is 72.0 cm³/mol. The predicted octanol–water partition coefficient (Wildman–Crippen LogP) is 2.63. The van der Waals surface area contributed by atoms with Crippen molar-refractivity contribution in [3.05, 3.63) is 53.9 Å². The van der Waals surface area contributed by atoms with Gasteiger partial charge in [0, 0.05) is 18.9 Å². The van der Waals surface area contributed by atoms with E-state index in [1.165, 1.54) is 11.1 Å². The van der Waals surface area contributed by atoms with Crippen LogP contribution in [0.1, 0.15) is 11.1 Å². The van der Waals surface area contributed by atoms with Gasteiger partial charge in [-0.2, -0.15) is 0 Å². The van der Waals surface area contributed by atoms with Crippen LogP contribution in [-0.2, 0) is 6.42 Å². The minimum atomic E-state index is 0.793. The average Bonchev–Trinajstić information content (AvgIpc) is 2.35. The molecule has 3 heteroatoms. The molecule has 0 unspecified atom stereocenters. The topological polar surface area (TPSA) is 50.9 Å². The number of rotatable bonds is 4. The lowest BCUT2D eigenvalue weighted by Crippen LogP contribution is -2.07. The fourth-order valence-corrected chi connectivity index (χ4v) is 1.71. The largest absolute Gasteiger partial charge is 0.397 e. The molecule has 88 valence electrons. The summed E-state index contributed by atoms with van der Waals surface area (Å²) in [6.07, 6.45) is 4.62. The van der Waals surface area contributed by atoms with E-state index >= 15 is 0 Å². The summed E-state index contributed by atoms with van der Waals surface area (Å²) in [7, 11) is 0. The molecule has 2 rings (SSSR count). The van der Waals surface area contributed by atoms with Crippen LogP contribution in [-0.4, -0.2) is 11.5 Å². The van der Waals surface area contributed by atoms with Gasteiger partial charge in [-0.1, -0.05) is 12.1 Å². The second-order valence-corrected chi connectivity index (χ2v) is 4.13. The normalized spacial score (nSPS) is 10.2. The molecule has 0 aliphatic heterocycles. The fraction of sp³-hybridized carbons (Fsp3) is 0.214. The van der Waals surface area contributed by atoms with E-state index in [-0.39, 0.29) is 0 Å². The molecule has 0 radical (unpaired) electrons. The molecule has 0 atom stereocenters. The lowest BCUT2D eigenvalue weighted by Gasteiger charge is -2.10. The van der Waals surface area contributed by atoms with E-state index < -0.39 is 0 Å². The highest BCUT2D eigenvalue weighted by Crippen LogP contribution is 2.19. The van der Waals surface area contributed by atoms with Crippen molar-refractivity contribution in [1.29, 1.82) is 0 Å². The maximum atomic E-state index is 5.89. The van der Waals surface area contributed by atoms with Gasteiger partial charge < -0.3 is 11.1 Å². The number of hydrogen-bond donors (Lipinski definition) is 2. The lowest BCUT2D eigenvalue weighted by atomic mass is 10.1. The number of nitrogens with one attached hydrogen (secondary N) is 1. The second-order valence-electron chi connectivity index (χ2n) is 4.13. The van der Waals surface area contributed by atoms with E-state index in [1.54, 1.807) is 6.20 Å². The van der Waals surface area contributed by atoms with Gasteiger partial charge in [-0.15, -0.1) is 0 Å². The molecular weight excluding hydrogens is 210 g/mol. The van der Waals surface area contributed by atoms with Gasteiger partial charge >= 0.3 is 0 Å². The molecular formula is C14H17N3. The Balaban J connectivity index is 1.92. The molecule has 1 aromatic heterocycles. The zero-order valence-corrected chi connectivity index (χ0v) is 9.98. The molecule has 3 N–H and O–H groups in total. The summed E-state index contributed by atoms with van der Waals surface area (Å²) < 4.78 is 0. The zero-order valence-electron chi connectivity index (χ0n) is 9.98. The number of pyridine rings is 1. The Morgan fingerprint density at radius 2 is 2.18 bits per heavy atom. The third-order valence-corrected chi connectivity index (χ3v) is 2.66. The zero-order chi connectivity index (χ0) is 12.1. The molecule has 0 fully saturated rings.